The molecule has 0 saturated carbocycles. The second kappa shape index (κ2) is 4.82. The Kier molecular flexibility index (Phi) is 3.00. The number of aromatic amines is 1. The first kappa shape index (κ1) is 12.4. The van der Waals surface area contributed by atoms with E-state index in [2.05, 4.69) is 27.8 Å². The smallest absolute Gasteiger partial charge is 0.187 e. The number of nitrogens with one attached hydrogen (secondary N) is 1. The van der Waals surface area contributed by atoms with Gasteiger partial charge in [0.25, 0.3) is 0 Å². The molecule has 3 nitrogen and oxygen atoms in total. The lowest BCUT2D eigenvalue weighted by atomic mass is 10.0. The van der Waals surface area contributed by atoms with Crippen LogP contribution in [0.1, 0.15) is 18.2 Å². The molecule has 0 bridgehead atoms. The first-order chi connectivity index (χ1) is 9.72. The fourth-order valence-corrected chi connectivity index (χ4v) is 2.62. The molecule has 2 aromatic heterocycles. The molecule has 0 aliphatic heterocycles. The molecule has 0 aliphatic rings. The molecular formula is C17H15N3. The molecule has 20 heavy (non-hydrogen) atoms. The van der Waals surface area contributed by atoms with E-state index >= 15 is 0 Å². The van der Waals surface area contributed by atoms with Gasteiger partial charge in [0.2, 0.25) is 0 Å². The van der Waals surface area contributed by atoms with Crippen molar-refractivity contribution in [2.24, 2.45) is 0 Å². The van der Waals surface area contributed by atoms with Gasteiger partial charge in [-0.15, -0.1) is 0 Å². The first-order valence-corrected chi connectivity index (χ1v) is 6.68. The maximum Gasteiger partial charge on any atom is 0.187 e. The maximum atomic E-state index is 7.15. The first-order valence-electron chi connectivity index (χ1n) is 6.68. The molecule has 3 heteroatoms. The van der Waals surface area contributed by atoms with Gasteiger partial charge in [0.15, 0.2) is 5.69 Å². The zero-order chi connectivity index (χ0) is 14.1. The predicted octanol–water partition coefficient (Wildman–Crippen LogP) is 4.65. The molecule has 0 radical (unpaired) electrons. The van der Waals surface area contributed by atoms with Crippen LogP contribution in [0.2, 0.25) is 0 Å². The van der Waals surface area contributed by atoms with Crippen molar-refractivity contribution in [3.8, 4) is 11.3 Å². The number of benzene rings is 1. The highest BCUT2D eigenvalue weighted by atomic mass is 14.7. The van der Waals surface area contributed by atoms with Gasteiger partial charge in [-0.05, 0) is 48.6 Å². The Morgan fingerprint density at radius 3 is 2.80 bits per heavy atom. The quantitative estimate of drug-likeness (QED) is 0.669. The van der Waals surface area contributed by atoms with E-state index in [-0.39, 0.29) is 0 Å². The van der Waals surface area contributed by atoms with Crippen molar-refractivity contribution in [1.82, 2.24) is 9.97 Å². The molecule has 2 heterocycles. The predicted molar refractivity (Wildman–Crippen MR) is 81.9 cm³/mol. The van der Waals surface area contributed by atoms with Crippen LogP contribution in [0.3, 0.4) is 0 Å². The lowest BCUT2D eigenvalue weighted by Crippen LogP contribution is -1.87. The molecule has 0 spiro atoms. The highest BCUT2D eigenvalue weighted by Gasteiger charge is 2.12. The molecule has 1 aromatic carbocycles. The van der Waals surface area contributed by atoms with E-state index in [1.165, 1.54) is 5.56 Å². The number of hydrogen-bond acceptors (Lipinski definition) is 1. The van der Waals surface area contributed by atoms with Crippen LogP contribution in [0.4, 0.5) is 5.69 Å². The molecule has 0 fully saturated rings. The van der Waals surface area contributed by atoms with Gasteiger partial charge in [0, 0.05) is 28.7 Å². The summed E-state index contributed by atoms with van der Waals surface area (Å²) in [6, 6.07) is 9.91. The second-order valence-electron chi connectivity index (χ2n) is 4.86. The minimum absolute atomic E-state index is 0.684. The van der Waals surface area contributed by atoms with Crippen molar-refractivity contribution < 1.29 is 0 Å². The van der Waals surface area contributed by atoms with E-state index in [4.69, 9.17) is 6.57 Å². The zero-order valence-electron chi connectivity index (χ0n) is 11.6. The highest BCUT2D eigenvalue weighted by molar-refractivity contribution is 5.93. The van der Waals surface area contributed by atoms with E-state index < -0.39 is 0 Å². The molecule has 1 N–H and O–H groups in total. The van der Waals surface area contributed by atoms with E-state index in [1.54, 1.807) is 0 Å². The summed E-state index contributed by atoms with van der Waals surface area (Å²) in [4.78, 5) is 11.2. The molecule has 0 unspecified atom stereocenters. The minimum atomic E-state index is 0.684. The van der Waals surface area contributed by atoms with Crippen LogP contribution >= 0.6 is 0 Å². The normalized spacial score (nSPS) is 10.7. The lowest BCUT2D eigenvalue weighted by Gasteiger charge is -2.03. The molecule has 98 valence electrons. The Morgan fingerprint density at radius 2 is 2.10 bits per heavy atom. The summed E-state index contributed by atoms with van der Waals surface area (Å²) in [5.41, 5.74) is 6.31. The van der Waals surface area contributed by atoms with Crippen molar-refractivity contribution in [3.05, 3.63) is 59.2 Å². The summed E-state index contributed by atoms with van der Waals surface area (Å²) in [6.45, 7) is 11.3. The highest BCUT2D eigenvalue weighted by Crippen LogP contribution is 2.33. The van der Waals surface area contributed by atoms with E-state index in [9.17, 15) is 0 Å². The number of nitrogens with zero attached hydrogens (tertiary/aromatic N) is 2. The van der Waals surface area contributed by atoms with Crippen LogP contribution in [-0.2, 0) is 6.42 Å². The van der Waals surface area contributed by atoms with E-state index in [1.807, 2.05) is 37.4 Å². The van der Waals surface area contributed by atoms with Crippen LogP contribution in [0.25, 0.3) is 27.0 Å². The van der Waals surface area contributed by atoms with Gasteiger partial charge in [0.1, 0.15) is 0 Å². The van der Waals surface area contributed by atoms with Gasteiger partial charge in [-0.3, -0.25) is 4.98 Å². The standard InChI is InChI=1S/C17H15N3/c1-4-14-15-10-13(18-3)5-6-16(15)20-17(14)12-7-8-19-11(2)9-12/h5-10,20H,4H2,1-2H3. The third-order valence-corrected chi connectivity index (χ3v) is 3.56. The van der Waals surface area contributed by atoms with Crippen LogP contribution < -0.4 is 0 Å². The second-order valence-corrected chi connectivity index (χ2v) is 4.86. The zero-order valence-corrected chi connectivity index (χ0v) is 11.6. The van der Waals surface area contributed by atoms with Crippen molar-refractivity contribution in [1.29, 1.82) is 0 Å². The van der Waals surface area contributed by atoms with Crippen LogP contribution in [0, 0.1) is 13.5 Å². The number of H-pyrrole nitrogens is 1. The number of aromatic nitrogens is 2. The molecule has 0 aliphatic carbocycles. The molecular weight excluding hydrogens is 246 g/mol. The number of aryl methyl sites for hydroxylation is 2. The average molecular weight is 261 g/mol. The molecule has 0 atom stereocenters. The molecule has 0 saturated heterocycles. The topological polar surface area (TPSA) is 33.0 Å². The van der Waals surface area contributed by atoms with Crippen LogP contribution in [0.5, 0.6) is 0 Å². The summed E-state index contributed by atoms with van der Waals surface area (Å²) in [5.74, 6) is 0. The summed E-state index contributed by atoms with van der Waals surface area (Å²) in [6.07, 6.45) is 2.76. The van der Waals surface area contributed by atoms with Gasteiger partial charge in [0.05, 0.1) is 6.57 Å². The number of pyridine rings is 1. The Bertz CT molecular complexity index is 822. The fraction of sp³-hybridized carbons (Fsp3) is 0.176. The van der Waals surface area contributed by atoms with Crippen LogP contribution in [-0.4, -0.2) is 9.97 Å². The number of fused-ring (bicyclic) bond motifs is 1. The third kappa shape index (κ3) is 1.96. The van der Waals surface area contributed by atoms with Gasteiger partial charge in [-0.1, -0.05) is 13.0 Å². The van der Waals surface area contributed by atoms with Crippen LogP contribution in [0.15, 0.2) is 36.5 Å². The fourth-order valence-electron chi connectivity index (χ4n) is 2.62. The van der Waals surface area contributed by atoms with Gasteiger partial charge in [-0.2, -0.15) is 0 Å². The Balaban J connectivity index is 2.29. The average Bonchev–Trinajstić information content (AvgIpc) is 2.84. The summed E-state index contributed by atoms with van der Waals surface area (Å²) in [7, 11) is 0. The summed E-state index contributed by atoms with van der Waals surface area (Å²) >= 11 is 0. The molecule has 0 amide bonds. The van der Waals surface area contributed by atoms with Crippen molar-refractivity contribution in [3.63, 3.8) is 0 Å². The number of hydrogen-bond donors (Lipinski definition) is 1. The van der Waals surface area contributed by atoms with Crippen molar-refractivity contribution >= 4 is 16.6 Å². The Morgan fingerprint density at radius 1 is 1.25 bits per heavy atom. The minimum Gasteiger partial charge on any atom is -0.354 e. The Hall–Kier alpha value is -2.60. The third-order valence-electron chi connectivity index (χ3n) is 3.56. The van der Waals surface area contributed by atoms with E-state index in [0.717, 1.165) is 34.3 Å². The lowest BCUT2D eigenvalue weighted by molar-refractivity contribution is 1.15. The largest absolute Gasteiger partial charge is 0.354 e. The molecule has 3 rings (SSSR count). The SMILES string of the molecule is [C-]#[N+]c1ccc2[nH]c(-c3ccnc(C)c3)c(CC)c2c1. The number of rotatable bonds is 2. The van der Waals surface area contributed by atoms with Gasteiger partial charge >= 0.3 is 0 Å². The molecule has 3 aromatic rings. The Labute approximate surface area is 118 Å². The van der Waals surface area contributed by atoms with Crippen molar-refractivity contribution in [2.75, 3.05) is 0 Å². The monoisotopic (exact) mass is 261 g/mol. The summed E-state index contributed by atoms with van der Waals surface area (Å²) < 4.78 is 0. The summed E-state index contributed by atoms with van der Waals surface area (Å²) in [5, 5.41) is 1.14. The van der Waals surface area contributed by atoms with E-state index in [0.29, 0.717) is 5.69 Å². The van der Waals surface area contributed by atoms with Crippen molar-refractivity contribution in [2.45, 2.75) is 20.3 Å². The van der Waals surface area contributed by atoms with Gasteiger partial charge < -0.3 is 4.98 Å². The van der Waals surface area contributed by atoms with Gasteiger partial charge in [-0.25, -0.2) is 4.85 Å². The maximum absolute atomic E-state index is 7.15.